The van der Waals surface area contributed by atoms with Crippen LogP contribution >= 0.6 is 0 Å². The normalized spacial score (nSPS) is 23.1. The fourth-order valence-electron chi connectivity index (χ4n) is 2.65. The maximum Gasteiger partial charge on any atom is 0.0705 e. The first kappa shape index (κ1) is 13.7. The van der Waals surface area contributed by atoms with Crippen LogP contribution in [0, 0.1) is 6.92 Å². The molecule has 0 atom stereocenters. The lowest BCUT2D eigenvalue weighted by Crippen LogP contribution is -2.35. The van der Waals surface area contributed by atoms with Crippen molar-refractivity contribution in [1.29, 1.82) is 0 Å². The molecule has 1 N–H and O–H groups in total. The SMILES string of the molecule is Cc1ccc2cc(CNC3CCS(=O)CC3)ccc2n1. The van der Waals surface area contributed by atoms with Crippen LogP contribution in [0.3, 0.4) is 0 Å². The summed E-state index contributed by atoms with van der Waals surface area (Å²) in [5, 5.41) is 4.77. The summed E-state index contributed by atoms with van der Waals surface area (Å²) in [6, 6.07) is 11.1. The zero-order valence-electron chi connectivity index (χ0n) is 11.8. The van der Waals surface area contributed by atoms with Crippen LogP contribution in [0.4, 0.5) is 0 Å². The Morgan fingerprint density at radius 1 is 1.25 bits per heavy atom. The van der Waals surface area contributed by atoms with E-state index in [1.807, 2.05) is 6.92 Å². The van der Waals surface area contributed by atoms with Crippen molar-refractivity contribution in [1.82, 2.24) is 10.3 Å². The lowest BCUT2D eigenvalue weighted by molar-refractivity contribution is 0.475. The highest BCUT2D eigenvalue weighted by molar-refractivity contribution is 7.85. The fourth-order valence-corrected chi connectivity index (χ4v) is 3.95. The number of nitrogens with one attached hydrogen (secondary N) is 1. The largest absolute Gasteiger partial charge is 0.310 e. The smallest absolute Gasteiger partial charge is 0.0705 e. The summed E-state index contributed by atoms with van der Waals surface area (Å²) in [5.74, 6) is 1.69. The van der Waals surface area contributed by atoms with E-state index in [0.717, 1.165) is 42.1 Å². The molecule has 0 bridgehead atoms. The molecule has 4 heteroatoms. The minimum absolute atomic E-state index is 0.513. The van der Waals surface area contributed by atoms with E-state index in [2.05, 4.69) is 40.6 Å². The molecule has 2 heterocycles. The summed E-state index contributed by atoms with van der Waals surface area (Å²) >= 11 is 0. The molecule has 0 radical (unpaired) electrons. The lowest BCUT2D eigenvalue weighted by Gasteiger charge is -2.22. The second-order valence-corrected chi connectivity index (χ2v) is 7.18. The summed E-state index contributed by atoms with van der Waals surface area (Å²) in [6.07, 6.45) is 2.06. The Hall–Kier alpha value is -1.26. The van der Waals surface area contributed by atoms with Gasteiger partial charge >= 0.3 is 0 Å². The van der Waals surface area contributed by atoms with Gasteiger partial charge in [-0.05, 0) is 43.5 Å². The van der Waals surface area contributed by atoms with Crippen molar-refractivity contribution in [2.75, 3.05) is 11.5 Å². The van der Waals surface area contributed by atoms with E-state index in [4.69, 9.17) is 0 Å². The van der Waals surface area contributed by atoms with Gasteiger partial charge in [-0.2, -0.15) is 0 Å². The van der Waals surface area contributed by atoms with Crippen molar-refractivity contribution in [3.63, 3.8) is 0 Å². The molecule has 1 aliphatic heterocycles. The number of aryl methyl sites for hydroxylation is 1. The van der Waals surface area contributed by atoms with Gasteiger partial charge in [0.1, 0.15) is 0 Å². The molecule has 2 aromatic rings. The molecular formula is C16H20N2OS. The predicted molar refractivity (Wildman–Crippen MR) is 84.2 cm³/mol. The number of benzene rings is 1. The number of nitrogens with zero attached hydrogens (tertiary/aromatic N) is 1. The number of rotatable bonds is 3. The highest BCUT2D eigenvalue weighted by Gasteiger charge is 2.16. The molecular weight excluding hydrogens is 268 g/mol. The summed E-state index contributed by atoms with van der Waals surface area (Å²) in [4.78, 5) is 4.52. The monoisotopic (exact) mass is 288 g/mol. The van der Waals surface area contributed by atoms with E-state index < -0.39 is 10.8 Å². The van der Waals surface area contributed by atoms with Crippen LogP contribution in [0.25, 0.3) is 10.9 Å². The standard InChI is InChI=1S/C16H20N2OS/c1-12-2-4-14-10-13(3-5-16(14)18-12)11-17-15-6-8-20(19)9-7-15/h2-5,10,15,17H,6-9,11H2,1H3. The molecule has 0 unspecified atom stereocenters. The van der Waals surface area contributed by atoms with Crippen molar-refractivity contribution in [2.24, 2.45) is 0 Å². The zero-order valence-corrected chi connectivity index (χ0v) is 12.6. The average Bonchev–Trinajstić information content (AvgIpc) is 2.46. The van der Waals surface area contributed by atoms with Gasteiger partial charge in [0.25, 0.3) is 0 Å². The Bertz CT molecular complexity index is 631. The number of hydrogen-bond donors (Lipinski definition) is 1. The Balaban J connectivity index is 1.65. The van der Waals surface area contributed by atoms with Gasteiger partial charge in [-0.3, -0.25) is 9.19 Å². The van der Waals surface area contributed by atoms with Gasteiger partial charge in [-0.1, -0.05) is 12.1 Å². The van der Waals surface area contributed by atoms with Crippen LogP contribution in [0.15, 0.2) is 30.3 Å². The topological polar surface area (TPSA) is 42.0 Å². The molecule has 3 rings (SSSR count). The summed E-state index contributed by atoms with van der Waals surface area (Å²) in [7, 11) is -0.578. The van der Waals surface area contributed by atoms with Gasteiger partial charge in [-0.25, -0.2) is 0 Å². The molecule has 0 aliphatic carbocycles. The van der Waals surface area contributed by atoms with Gasteiger partial charge in [0.15, 0.2) is 0 Å². The number of pyridine rings is 1. The molecule has 0 spiro atoms. The molecule has 20 heavy (non-hydrogen) atoms. The number of hydrogen-bond acceptors (Lipinski definition) is 3. The molecule has 106 valence electrons. The fraction of sp³-hybridized carbons (Fsp3) is 0.438. The Kier molecular flexibility index (Phi) is 4.13. The molecule has 1 aliphatic rings. The third-order valence-corrected chi connectivity index (χ3v) is 5.26. The maximum absolute atomic E-state index is 11.3. The molecule has 1 aromatic carbocycles. The molecule has 0 amide bonds. The van der Waals surface area contributed by atoms with Gasteiger partial charge < -0.3 is 5.32 Å². The van der Waals surface area contributed by atoms with Crippen molar-refractivity contribution < 1.29 is 4.21 Å². The lowest BCUT2D eigenvalue weighted by atomic mass is 10.1. The van der Waals surface area contributed by atoms with E-state index in [1.54, 1.807) is 0 Å². The number of fused-ring (bicyclic) bond motifs is 1. The second-order valence-electron chi connectivity index (χ2n) is 5.48. The van der Waals surface area contributed by atoms with E-state index >= 15 is 0 Å². The van der Waals surface area contributed by atoms with Crippen molar-refractivity contribution in [2.45, 2.75) is 32.4 Å². The maximum atomic E-state index is 11.3. The second kappa shape index (κ2) is 6.02. The average molecular weight is 288 g/mol. The van der Waals surface area contributed by atoms with Crippen LogP contribution in [-0.2, 0) is 17.3 Å². The molecule has 1 fully saturated rings. The van der Waals surface area contributed by atoms with Crippen LogP contribution in [-0.4, -0.2) is 26.7 Å². The highest BCUT2D eigenvalue weighted by atomic mass is 32.2. The van der Waals surface area contributed by atoms with E-state index in [9.17, 15) is 4.21 Å². The zero-order chi connectivity index (χ0) is 13.9. The first-order chi connectivity index (χ1) is 9.70. The summed E-state index contributed by atoms with van der Waals surface area (Å²) in [6.45, 7) is 2.89. The first-order valence-corrected chi connectivity index (χ1v) is 8.64. The molecule has 0 saturated carbocycles. The van der Waals surface area contributed by atoms with E-state index in [0.29, 0.717) is 6.04 Å². The molecule has 3 nitrogen and oxygen atoms in total. The van der Waals surface area contributed by atoms with Crippen LogP contribution in [0.5, 0.6) is 0 Å². The third-order valence-electron chi connectivity index (χ3n) is 3.88. The van der Waals surface area contributed by atoms with Gasteiger partial charge in [0, 0.05) is 46.0 Å². The quantitative estimate of drug-likeness (QED) is 0.944. The Morgan fingerprint density at radius 3 is 2.85 bits per heavy atom. The van der Waals surface area contributed by atoms with Crippen molar-refractivity contribution in [3.8, 4) is 0 Å². The van der Waals surface area contributed by atoms with Crippen molar-refractivity contribution >= 4 is 21.7 Å². The summed E-state index contributed by atoms with van der Waals surface area (Å²) < 4.78 is 11.3. The first-order valence-electron chi connectivity index (χ1n) is 7.15. The van der Waals surface area contributed by atoms with Gasteiger partial charge in [0.05, 0.1) is 5.52 Å². The van der Waals surface area contributed by atoms with Gasteiger partial charge in [-0.15, -0.1) is 0 Å². The van der Waals surface area contributed by atoms with Crippen LogP contribution in [0.1, 0.15) is 24.1 Å². The predicted octanol–water partition coefficient (Wildman–Crippen LogP) is 2.54. The van der Waals surface area contributed by atoms with Crippen molar-refractivity contribution in [3.05, 3.63) is 41.6 Å². The Morgan fingerprint density at radius 2 is 2.05 bits per heavy atom. The third kappa shape index (κ3) is 3.25. The van der Waals surface area contributed by atoms with Crippen LogP contribution < -0.4 is 5.32 Å². The Labute approximate surface area is 122 Å². The van der Waals surface area contributed by atoms with E-state index in [1.165, 1.54) is 10.9 Å². The highest BCUT2D eigenvalue weighted by Crippen LogP contribution is 2.16. The van der Waals surface area contributed by atoms with Crippen LogP contribution in [0.2, 0.25) is 0 Å². The minimum atomic E-state index is -0.578. The molecule has 1 saturated heterocycles. The molecule has 1 aromatic heterocycles. The summed E-state index contributed by atoms with van der Waals surface area (Å²) in [5.41, 5.74) is 3.40. The minimum Gasteiger partial charge on any atom is -0.310 e. The van der Waals surface area contributed by atoms with Gasteiger partial charge in [0.2, 0.25) is 0 Å². The van der Waals surface area contributed by atoms with E-state index in [-0.39, 0.29) is 0 Å². The number of aromatic nitrogens is 1.